The molecule has 4 aromatic rings. The van der Waals surface area contributed by atoms with Crippen LogP contribution in [0.4, 0.5) is 17.1 Å². The van der Waals surface area contributed by atoms with E-state index >= 15 is 0 Å². The molecule has 2 amide bonds. The van der Waals surface area contributed by atoms with Crippen LogP contribution in [0.1, 0.15) is 42.5 Å². The lowest BCUT2D eigenvalue weighted by molar-refractivity contribution is -0.118. The molecule has 1 unspecified atom stereocenters. The zero-order valence-electron chi connectivity index (χ0n) is 21.4. The van der Waals surface area contributed by atoms with Crippen LogP contribution in [-0.2, 0) is 11.8 Å². The molecule has 5 rings (SSSR count). The summed E-state index contributed by atoms with van der Waals surface area (Å²) in [5, 5.41) is 13.4. The largest absolute Gasteiger partial charge is 0.354 e. The van der Waals surface area contributed by atoms with Crippen LogP contribution in [-0.4, -0.2) is 32.6 Å². The molecule has 0 radical (unpaired) electrons. The Balaban J connectivity index is 1.32. The third-order valence-corrected chi connectivity index (χ3v) is 6.90. The minimum Gasteiger partial charge on any atom is -0.354 e. The summed E-state index contributed by atoms with van der Waals surface area (Å²) in [5.74, 6) is -0.0854. The summed E-state index contributed by atoms with van der Waals surface area (Å²) in [6.07, 6.45) is 10.2. The van der Waals surface area contributed by atoms with Crippen LogP contribution in [0.3, 0.4) is 0 Å². The maximum absolute atomic E-state index is 13.3. The Morgan fingerprint density at radius 3 is 2.58 bits per heavy atom. The fraction of sp³-hybridized carbons (Fsp3) is 0.267. The Morgan fingerprint density at radius 1 is 1.00 bits per heavy atom. The lowest BCUT2D eigenvalue weighted by Gasteiger charge is -2.21. The third-order valence-electron chi connectivity index (χ3n) is 6.90. The molecule has 38 heavy (non-hydrogen) atoms. The quantitative estimate of drug-likeness (QED) is 0.275. The summed E-state index contributed by atoms with van der Waals surface area (Å²) < 4.78 is 1.63. The van der Waals surface area contributed by atoms with E-state index in [4.69, 9.17) is 0 Å². The van der Waals surface area contributed by atoms with Gasteiger partial charge >= 0.3 is 0 Å². The van der Waals surface area contributed by atoms with Crippen LogP contribution in [0.5, 0.6) is 0 Å². The first-order valence-electron chi connectivity index (χ1n) is 13.0. The molecule has 0 saturated heterocycles. The molecule has 1 atom stereocenters. The number of aromatic nitrogens is 3. The van der Waals surface area contributed by atoms with Crippen LogP contribution < -0.4 is 16.0 Å². The standard InChI is InChI=1S/C30H32N6O2/c1-36-20-25(19-32-36)34-30(38)27(17-21-9-5-6-10-21)35-29(37)23-13-7-14-24(18-23)33-26-15-8-16-31-28(26)22-11-3-2-4-12-22/h2-4,7-8,11-16,18-21,27,33H,5-6,9-10,17H2,1H3,(H,34,38)(H,35,37). The predicted octanol–water partition coefficient (Wildman–Crippen LogP) is 5.54. The van der Waals surface area contributed by atoms with Crippen LogP contribution >= 0.6 is 0 Å². The zero-order chi connectivity index (χ0) is 26.3. The van der Waals surface area contributed by atoms with E-state index in [0.29, 0.717) is 23.6 Å². The number of nitrogens with zero attached hydrogens (tertiary/aromatic N) is 3. The van der Waals surface area contributed by atoms with Crippen molar-refractivity contribution in [3.63, 3.8) is 0 Å². The number of aryl methyl sites for hydroxylation is 1. The van der Waals surface area contributed by atoms with Gasteiger partial charge in [0.2, 0.25) is 5.91 Å². The molecule has 0 spiro atoms. The van der Waals surface area contributed by atoms with Crippen LogP contribution in [0.15, 0.2) is 85.3 Å². The normalized spacial score (nSPS) is 14.1. The fourth-order valence-corrected chi connectivity index (χ4v) is 4.99. The number of nitrogens with one attached hydrogen (secondary N) is 3. The van der Waals surface area contributed by atoms with Crippen molar-refractivity contribution in [1.29, 1.82) is 0 Å². The Labute approximate surface area is 222 Å². The molecule has 0 bridgehead atoms. The molecule has 8 heteroatoms. The molecule has 1 aliphatic carbocycles. The van der Waals surface area contributed by atoms with Gasteiger partial charge in [-0.25, -0.2) is 0 Å². The number of benzene rings is 2. The Morgan fingerprint density at radius 2 is 1.82 bits per heavy atom. The molecule has 2 heterocycles. The molecule has 0 aliphatic heterocycles. The number of pyridine rings is 1. The van der Waals surface area contributed by atoms with Gasteiger partial charge in [0.25, 0.3) is 5.91 Å². The second-order valence-corrected chi connectivity index (χ2v) is 9.78. The van der Waals surface area contributed by atoms with Gasteiger partial charge in [0.1, 0.15) is 6.04 Å². The van der Waals surface area contributed by atoms with E-state index in [1.165, 1.54) is 12.8 Å². The molecular formula is C30H32N6O2. The van der Waals surface area contributed by atoms with Crippen molar-refractivity contribution in [1.82, 2.24) is 20.1 Å². The Hall–Kier alpha value is -4.46. The molecule has 8 nitrogen and oxygen atoms in total. The maximum Gasteiger partial charge on any atom is 0.252 e. The van der Waals surface area contributed by atoms with Crippen molar-refractivity contribution in [2.24, 2.45) is 13.0 Å². The van der Waals surface area contributed by atoms with Crippen molar-refractivity contribution >= 4 is 28.9 Å². The van der Waals surface area contributed by atoms with E-state index in [0.717, 1.165) is 35.5 Å². The Kier molecular flexibility index (Phi) is 7.78. The lowest BCUT2D eigenvalue weighted by Crippen LogP contribution is -2.44. The Bertz CT molecular complexity index is 1390. The third kappa shape index (κ3) is 6.26. The minimum absolute atomic E-state index is 0.226. The van der Waals surface area contributed by atoms with E-state index in [2.05, 4.69) is 26.0 Å². The predicted molar refractivity (Wildman–Crippen MR) is 149 cm³/mol. The number of carbonyl (C=O) groups excluding carboxylic acids is 2. The van der Waals surface area contributed by atoms with Gasteiger partial charge in [0.05, 0.1) is 23.3 Å². The van der Waals surface area contributed by atoms with Gasteiger partial charge in [-0.1, -0.05) is 62.1 Å². The van der Waals surface area contributed by atoms with Gasteiger partial charge < -0.3 is 16.0 Å². The van der Waals surface area contributed by atoms with Crippen molar-refractivity contribution in [2.75, 3.05) is 10.6 Å². The summed E-state index contributed by atoms with van der Waals surface area (Å²) in [6, 6.07) is 20.4. The molecule has 2 aromatic heterocycles. The topological polar surface area (TPSA) is 101 Å². The highest BCUT2D eigenvalue weighted by Crippen LogP contribution is 2.30. The van der Waals surface area contributed by atoms with Crippen molar-refractivity contribution in [2.45, 2.75) is 38.1 Å². The summed E-state index contributed by atoms with van der Waals surface area (Å²) >= 11 is 0. The molecule has 1 saturated carbocycles. The molecule has 2 aromatic carbocycles. The van der Waals surface area contributed by atoms with Crippen LogP contribution in [0.25, 0.3) is 11.3 Å². The van der Waals surface area contributed by atoms with Gasteiger partial charge in [0, 0.05) is 36.3 Å². The fourth-order valence-electron chi connectivity index (χ4n) is 4.99. The van der Waals surface area contributed by atoms with Crippen molar-refractivity contribution < 1.29 is 9.59 Å². The second kappa shape index (κ2) is 11.7. The van der Waals surface area contributed by atoms with Crippen LogP contribution in [0, 0.1) is 5.92 Å². The SMILES string of the molecule is Cn1cc(NC(=O)C(CC2CCCC2)NC(=O)c2cccc(Nc3cccnc3-c3ccccc3)c2)cn1. The van der Waals surface area contributed by atoms with E-state index in [-0.39, 0.29) is 11.8 Å². The molecule has 1 aliphatic rings. The molecule has 3 N–H and O–H groups in total. The zero-order valence-corrected chi connectivity index (χ0v) is 21.4. The van der Waals surface area contributed by atoms with Gasteiger partial charge in [-0.3, -0.25) is 19.3 Å². The second-order valence-electron chi connectivity index (χ2n) is 9.78. The summed E-state index contributed by atoms with van der Waals surface area (Å²) in [4.78, 5) is 31.1. The highest BCUT2D eigenvalue weighted by molar-refractivity contribution is 6.01. The summed E-state index contributed by atoms with van der Waals surface area (Å²) in [7, 11) is 1.79. The number of hydrogen-bond donors (Lipinski definition) is 3. The first kappa shape index (κ1) is 25.2. The lowest BCUT2D eigenvalue weighted by atomic mass is 9.97. The average Bonchev–Trinajstić information content (AvgIpc) is 3.60. The first-order valence-corrected chi connectivity index (χ1v) is 13.0. The average molecular weight is 509 g/mol. The van der Waals surface area contributed by atoms with E-state index in [9.17, 15) is 9.59 Å². The van der Waals surface area contributed by atoms with Crippen LogP contribution in [0.2, 0.25) is 0 Å². The smallest absolute Gasteiger partial charge is 0.252 e. The minimum atomic E-state index is -0.634. The van der Waals surface area contributed by atoms with Gasteiger partial charge in [-0.2, -0.15) is 5.10 Å². The number of amides is 2. The van der Waals surface area contributed by atoms with E-state index in [1.54, 1.807) is 42.5 Å². The van der Waals surface area contributed by atoms with Gasteiger partial charge in [-0.05, 0) is 42.7 Å². The maximum atomic E-state index is 13.3. The monoisotopic (exact) mass is 508 g/mol. The molecule has 194 valence electrons. The molecular weight excluding hydrogens is 476 g/mol. The summed E-state index contributed by atoms with van der Waals surface area (Å²) in [6.45, 7) is 0. The van der Waals surface area contributed by atoms with E-state index < -0.39 is 6.04 Å². The first-order chi connectivity index (χ1) is 18.5. The van der Waals surface area contributed by atoms with E-state index in [1.807, 2.05) is 54.6 Å². The number of hydrogen-bond acceptors (Lipinski definition) is 5. The number of anilines is 3. The van der Waals surface area contributed by atoms with Crippen molar-refractivity contribution in [3.05, 3.63) is 90.9 Å². The molecule has 1 fully saturated rings. The van der Waals surface area contributed by atoms with Gasteiger partial charge in [-0.15, -0.1) is 0 Å². The highest BCUT2D eigenvalue weighted by atomic mass is 16.2. The van der Waals surface area contributed by atoms with Crippen molar-refractivity contribution in [3.8, 4) is 11.3 Å². The number of rotatable bonds is 9. The van der Waals surface area contributed by atoms with Gasteiger partial charge in [0.15, 0.2) is 0 Å². The summed E-state index contributed by atoms with van der Waals surface area (Å²) in [5.41, 5.74) is 4.51. The highest BCUT2D eigenvalue weighted by Gasteiger charge is 2.27. The number of carbonyl (C=O) groups is 2.